The Bertz CT molecular complexity index is 2390. The van der Waals surface area contributed by atoms with Crippen LogP contribution in [0.2, 0.25) is 0 Å². The van der Waals surface area contributed by atoms with Crippen LogP contribution in [-0.2, 0) is 34.8 Å². The smallest absolute Gasteiger partial charge is 0.414 e. The average Bonchev–Trinajstić information content (AvgIpc) is 3.96. The van der Waals surface area contributed by atoms with Crippen LogP contribution in [0.5, 0.6) is 11.5 Å². The van der Waals surface area contributed by atoms with E-state index < -0.39 is 11.2 Å². The van der Waals surface area contributed by atoms with Crippen molar-refractivity contribution in [1.29, 1.82) is 0 Å². The van der Waals surface area contributed by atoms with E-state index >= 15 is 0 Å². The van der Waals surface area contributed by atoms with Crippen LogP contribution >= 0.6 is 24.0 Å². The minimum absolute atomic E-state index is 0. The highest BCUT2D eigenvalue weighted by Crippen LogP contribution is 2.41. The topological polar surface area (TPSA) is 95.0 Å². The van der Waals surface area contributed by atoms with Gasteiger partial charge in [-0.25, -0.2) is 9.59 Å². The number of amides is 2. The molecule has 2 amide bonds. The predicted molar refractivity (Wildman–Crippen MR) is 293 cm³/mol. The third-order valence-corrected chi connectivity index (χ3v) is 14.1. The Morgan fingerprint density at radius 3 is 1.50 bits per heavy atom. The molecule has 70 heavy (non-hydrogen) atoms. The lowest BCUT2D eigenvalue weighted by atomic mass is 9.83. The molecule has 0 saturated heterocycles. The van der Waals surface area contributed by atoms with Gasteiger partial charge in [-0.3, -0.25) is 9.80 Å². The van der Waals surface area contributed by atoms with Crippen LogP contribution in [0.25, 0.3) is 0 Å². The molecule has 0 spiro atoms. The molecule has 0 aromatic heterocycles. The summed E-state index contributed by atoms with van der Waals surface area (Å²) in [6.45, 7) is 17.0. The Morgan fingerprint density at radius 1 is 0.629 bits per heavy atom. The number of fused-ring (bicyclic) bond motifs is 2. The first kappa shape index (κ1) is 56.1. The van der Waals surface area contributed by atoms with Gasteiger partial charge in [0.1, 0.15) is 29.3 Å². The van der Waals surface area contributed by atoms with Crippen LogP contribution in [0.4, 0.5) is 32.3 Å². The zero-order chi connectivity index (χ0) is 50.2. The predicted octanol–water partition coefficient (Wildman–Crippen LogP) is 14.9. The van der Waals surface area contributed by atoms with E-state index in [0.717, 1.165) is 52.6 Å². The quantitative estimate of drug-likeness (QED) is 0.174. The van der Waals surface area contributed by atoms with Crippen molar-refractivity contribution in [3.63, 3.8) is 0 Å². The molecule has 2 heterocycles. The first-order chi connectivity index (χ1) is 32.6. The second-order valence-electron chi connectivity index (χ2n) is 21.8. The molecule has 10 nitrogen and oxygen atoms in total. The van der Waals surface area contributed by atoms with Crippen LogP contribution in [0.1, 0.15) is 162 Å². The number of carbonyl (C=O) groups is 2. The van der Waals surface area contributed by atoms with Crippen LogP contribution in [0, 0.1) is 13.8 Å². The maximum atomic E-state index is 12.6. The summed E-state index contributed by atoms with van der Waals surface area (Å²) in [7, 11) is 8.51. The zero-order valence-corrected chi connectivity index (χ0v) is 45.9. The normalized spacial score (nSPS) is 15.8. The number of rotatable bonds is 8. The van der Waals surface area contributed by atoms with E-state index in [-0.39, 0.29) is 30.3 Å². The molecule has 4 aliphatic rings. The molecule has 1 N–H and O–H groups in total. The van der Waals surface area contributed by atoms with Gasteiger partial charge >= 0.3 is 12.2 Å². The zero-order valence-electron chi connectivity index (χ0n) is 44.3. The summed E-state index contributed by atoms with van der Waals surface area (Å²) in [5.41, 5.74) is 13.0. The van der Waals surface area contributed by atoms with Crippen molar-refractivity contribution >= 4 is 58.9 Å². The summed E-state index contributed by atoms with van der Waals surface area (Å²) in [5.74, 6) is 3.19. The molecule has 384 valence electrons. The van der Waals surface area contributed by atoms with Gasteiger partial charge in [-0.15, -0.1) is 24.0 Å². The van der Waals surface area contributed by atoms with Crippen molar-refractivity contribution in [2.45, 2.75) is 168 Å². The van der Waals surface area contributed by atoms with Crippen molar-refractivity contribution in [3.05, 3.63) is 105 Å². The van der Waals surface area contributed by atoms with Crippen LogP contribution in [0.3, 0.4) is 0 Å². The summed E-state index contributed by atoms with van der Waals surface area (Å²) < 4.78 is 17.3. The molecular formula is C58H82Cl2N4O6. The van der Waals surface area contributed by atoms with Crippen molar-refractivity contribution in [2.75, 3.05) is 60.9 Å². The minimum atomic E-state index is -0.504. The van der Waals surface area contributed by atoms with E-state index in [4.69, 9.17) is 25.8 Å². The summed E-state index contributed by atoms with van der Waals surface area (Å²) in [4.78, 5) is 32.5. The maximum Gasteiger partial charge on any atom is 0.414 e. The average molecular weight is 1000 g/mol. The van der Waals surface area contributed by atoms with E-state index in [1.807, 2.05) is 60.6 Å². The molecule has 4 aromatic carbocycles. The second-order valence-corrected chi connectivity index (χ2v) is 22.1. The van der Waals surface area contributed by atoms with Crippen molar-refractivity contribution in [1.82, 2.24) is 0 Å². The van der Waals surface area contributed by atoms with Crippen molar-refractivity contribution in [2.24, 2.45) is 0 Å². The molecule has 0 unspecified atom stereocenters. The third-order valence-electron chi connectivity index (χ3n) is 13.8. The lowest BCUT2D eigenvalue weighted by molar-refractivity contribution is 0.0573. The van der Waals surface area contributed by atoms with Crippen molar-refractivity contribution in [3.8, 4) is 11.5 Å². The number of phenolic OH excluding ortho intramolecular Hbond substituents is 1. The molecule has 2 aliphatic carbocycles. The maximum absolute atomic E-state index is 12.6. The minimum Gasteiger partial charge on any atom is -0.508 e. The third kappa shape index (κ3) is 14.4. The molecule has 12 heteroatoms. The lowest BCUT2D eigenvalue weighted by Crippen LogP contribution is -2.35. The number of hydrogen-bond acceptors (Lipinski definition) is 8. The molecule has 2 saturated carbocycles. The highest BCUT2D eigenvalue weighted by Gasteiger charge is 2.32. The van der Waals surface area contributed by atoms with Gasteiger partial charge in [0.15, 0.2) is 0 Å². The van der Waals surface area contributed by atoms with Gasteiger partial charge in [-0.1, -0.05) is 62.8 Å². The number of carbonyl (C=O) groups excluding carboxylic acids is 2. The second kappa shape index (κ2) is 24.6. The van der Waals surface area contributed by atoms with Gasteiger partial charge in [0, 0.05) is 58.5 Å². The van der Waals surface area contributed by atoms with Gasteiger partial charge < -0.3 is 29.1 Å². The number of alkyl halides is 1. The van der Waals surface area contributed by atoms with E-state index in [9.17, 15) is 14.7 Å². The molecule has 2 aliphatic heterocycles. The number of nitrogens with zero attached hydrogens (tertiary/aromatic N) is 4. The SMILES string of the molecule is CN(C)c1cc(CCl)ccc1C1CCCCC1.Cc1c(O)ccc2c1CCN2C(=O)OC(C)(C)C.Cc1c(OCc2ccc(C3CCCCC3)c(N(C)C)c2)ccc2c1CCN2C(=O)OC(C)(C)C.Cl. The number of hydrogen-bond donors (Lipinski definition) is 1. The number of phenols is 1. The number of anilines is 4. The van der Waals surface area contributed by atoms with Gasteiger partial charge in [-0.2, -0.15) is 0 Å². The fourth-order valence-corrected chi connectivity index (χ4v) is 10.4. The van der Waals surface area contributed by atoms with Gasteiger partial charge in [0.2, 0.25) is 0 Å². The van der Waals surface area contributed by atoms with E-state index in [1.165, 1.54) is 103 Å². The molecule has 0 atom stereocenters. The highest BCUT2D eigenvalue weighted by molar-refractivity contribution is 6.17. The van der Waals surface area contributed by atoms with Gasteiger partial charge in [-0.05, 0) is 187 Å². The number of halogens is 2. The molecule has 2 fully saturated rings. The van der Waals surface area contributed by atoms with Crippen LogP contribution < -0.4 is 24.3 Å². The number of benzene rings is 4. The molecule has 8 rings (SSSR count). The Balaban J connectivity index is 0.000000214. The molecular weight excluding hydrogens is 920 g/mol. The van der Waals surface area contributed by atoms with Gasteiger partial charge in [0.25, 0.3) is 0 Å². The Hall–Kier alpha value is -4.80. The largest absolute Gasteiger partial charge is 0.508 e. The monoisotopic (exact) mass is 1000 g/mol. The van der Waals surface area contributed by atoms with Gasteiger partial charge in [0.05, 0.1) is 11.4 Å². The van der Waals surface area contributed by atoms with E-state index in [1.54, 1.807) is 21.9 Å². The lowest BCUT2D eigenvalue weighted by Gasteiger charge is -2.27. The Kier molecular flexibility index (Phi) is 19.7. The first-order valence-corrected chi connectivity index (χ1v) is 25.9. The molecule has 0 radical (unpaired) electrons. The first-order valence-electron chi connectivity index (χ1n) is 25.4. The van der Waals surface area contributed by atoms with Crippen LogP contribution in [0.15, 0.2) is 60.7 Å². The fourth-order valence-electron chi connectivity index (χ4n) is 10.3. The highest BCUT2D eigenvalue weighted by atomic mass is 35.5. The summed E-state index contributed by atoms with van der Waals surface area (Å²) in [6, 6.07) is 20.9. The fraction of sp³-hybridized carbons (Fsp3) is 0.552. The molecule has 4 aromatic rings. The van der Waals surface area contributed by atoms with E-state index in [0.29, 0.717) is 31.5 Å². The summed E-state index contributed by atoms with van der Waals surface area (Å²) in [6.07, 6.45) is 14.5. The van der Waals surface area contributed by atoms with Crippen LogP contribution in [-0.4, -0.2) is 69.8 Å². The molecule has 0 bridgehead atoms. The number of aromatic hydroxyl groups is 1. The number of ether oxygens (including phenoxy) is 3. The van der Waals surface area contributed by atoms with E-state index in [2.05, 4.69) is 81.3 Å². The summed E-state index contributed by atoms with van der Waals surface area (Å²) >= 11 is 5.92. The van der Waals surface area contributed by atoms with Crippen molar-refractivity contribution < 1.29 is 28.9 Å². The standard InChI is InChI=1S/C29H40N2O3.C15H22ClN.C14H19NO3.ClH/c1-20-23-16-17-31(28(32)34-29(2,3)4)25(23)14-15-27(20)33-19-21-12-13-24(26(18-21)30(5)6)22-10-8-7-9-11-22;1-17(2)15-10-12(11-16)8-9-14(15)13-6-4-3-5-7-13;1-9-10-7-8-15(11(10)5-6-12(9)16)13(17)18-14(2,3)4;/h12-15,18,22H,7-11,16-17,19H2,1-6H3;8-10,13H,3-7,11H2,1-2H3;5-6,16H,7-8H2,1-4H3;1H. The Labute approximate surface area is 431 Å². The summed E-state index contributed by atoms with van der Waals surface area (Å²) in [5, 5.41) is 9.66. The Morgan fingerprint density at radius 2 is 1.06 bits per heavy atom.